The standard InChI is InChI=1S/C16H29N3O3/c1-3-18(4-2)15(20)13-17-7-5-6-14(12-17)16(21)19-8-10-22-11-9-19/h14H,3-13H2,1-2H3. The van der Waals surface area contributed by atoms with Crippen LogP contribution in [0.25, 0.3) is 0 Å². The second-order valence-corrected chi connectivity index (χ2v) is 6.08. The smallest absolute Gasteiger partial charge is 0.236 e. The van der Waals surface area contributed by atoms with Crippen LogP contribution in [0.3, 0.4) is 0 Å². The third kappa shape index (κ3) is 4.43. The lowest BCUT2D eigenvalue weighted by Crippen LogP contribution is -2.50. The molecule has 1 unspecified atom stereocenters. The van der Waals surface area contributed by atoms with Crippen molar-refractivity contribution in [2.24, 2.45) is 5.92 Å². The fourth-order valence-electron chi connectivity index (χ4n) is 3.31. The first-order valence-electron chi connectivity index (χ1n) is 8.52. The lowest BCUT2D eigenvalue weighted by atomic mass is 9.96. The van der Waals surface area contributed by atoms with Gasteiger partial charge >= 0.3 is 0 Å². The lowest BCUT2D eigenvalue weighted by molar-refractivity contribution is -0.142. The Morgan fingerprint density at radius 2 is 1.82 bits per heavy atom. The number of morpholine rings is 1. The minimum absolute atomic E-state index is 0.0383. The molecule has 2 heterocycles. The zero-order valence-corrected chi connectivity index (χ0v) is 13.9. The SMILES string of the molecule is CCN(CC)C(=O)CN1CCCC(C(=O)N2CCOCC2)C1. The van der Waals surface area contributed by atoms with Crippen LogP contribution < -0.4 is 0 Å². The lowest BCUT2D eigenvalue weighted by Gasteiger charge is -2.36. The van der Waals surface area contributed by atoms with Crippen LogP contribution >= 0.6 is 0 Å². The molecule has 1 atom stereocenters. The van der Waals surface area contributed by atoms with Gasteiger partial charge in [0.15, 0.2) is 0 Å². The minimum Gasteiger partial charge on any atom is -0.378 e. The van der Waals surface area contributed by atoms with Gasteiger partial charge in [0.05, 0.1) is 25.7 Å². The normalized spacial score (nSPS) is 23.4. The molecule has 0 aromatic carbocycles. The van der Waals surface area contributed by atoms with Crippen molar-refractivity contribution >= 4 is 11.8 Å². The van der Waals surface area contributed by atoms with E-state index in [1.54, 1.807) is 0 Å². The highest BCUT2D eigenvalue weighted by Gasteiger charge is 2.31. The largest absolute Gasteiger partial charge is 0.378 e. The Hall–Kier alpha value is -1.14. The highest BCUT2D eigenvalue weighted by atomic mass is 16.5. The van der Waals surface area contributed by atoms with Crippen molar-refractivity contribution in [2.45, 2.75) is 26.7 Å². The van der Waals surface area contributed by atoms with Crippen LogP contribution in [0.4, 0.5) is 0 Å². The van der Waals surface area contributed by atoms with Gasteiger partial charge in [-0.2, -0.15) is 0 Å². The van der Waals surface area contributed by atoms with E-state index in [0.29, 0.717) is 39.4 Å². The summed E-state index contributed by atoms with van der Waals surface area (Å²) in [7, 11) is 0. The van der Waals surface area contributed by atoms with Crippen molar-refractivity contribution in [2.75, 3.05) is 59.0 Å². The molecule has 6 heteroatoms. The third-order valence-corrected chi connectivity index (χ3v) is 4.65. The van der Waals surface area contributed by atoms with Crippen molar-refractivity contribution in [3.63, 3.8) is 0 Å². The summed E-state index contributed by atoms with van der Waals surface area (Å²) in [6.45, 7) is 10.3. The van der Waals surface area contributed by atoms with E-state index in [1.807, 2.05) is 23.6 Å². The maximum absolute atomic E-state index is 12.6. The van der Waals surface area contributed by atoms with Gasteiger partial charge < -0.3 is 14.5 Å². The van der Waals surface area contributed by atoms with E-state index in [-0.39, 0.29) is 17.7 Å². The fourth-order valence-corrected chi connectivity index (χ4v) is 3.31. The molecule has 2 saturated heterocycles. The Kier molecular flexibility index (Phi) is 6.64. The first-order valence-corrected chi connectivity index (χ1v) is 8.52. The molecule has 22 heavy (non-hydrogen) atoms. The third-order valence-electron chi connectivity index (χ3n) is 4.65. The van der Waals surface area contributed by atoms with Gasteiger partial charge in [-0.15, -0.1) is 0 Å². The number of hydrogen-bond donors (Lipinski definition) is 0. The highest BCUT2D eigenvalue weighted by Crippen LogP contribution is 2.19. The number of carbonyl (C=O) groups excluding carboxylic acids is 2. The quantitative estimate of drug-likeness (QED) is 0.739. The minimum atomic E-state index is 0.0383. The van der Waals surface area contributed by atoms with Gasteiger partial charge in [0, 0.05) is 32.7 Å². The number of likely N-dealkylation sites (N-methyl/N-ethyl adjacent to an activating group) is 1. The Morgan fingerprint density at radius 1 is 1.14 bits per heavy atom. The van der Waals surface area contributed by atoms with E-state index in [1.165, 1.54) is 0 Å². The molecule has 2 aliphatic heterocycles. The number of nitrogens with zero attached hydrogens (tertiary/aromatic N) is 3. The average Bonchev–Trinajstić information content (AvgIpc) is 2.56. The van der Waals surface area contributed by atoms with Gasteiger partial charge in [-0.1, -0.05) is 0 Å². The maximum atomic E-state index is 12.6. The van der Waals surface area contributed by atoms with E-state index in [4.69, 9.17) is 4.74 Å². The van der Waals surface area contributed by atoms with E-state index >= 15 is 0 Å². The molecule has 0 radical (unpaired) electrons. The summed E-state index contributed by atoms with van der Waals surface area (Å²) in [4.78, 5) is 30.7. The monoisotopic (exact) mass is 311 g/mol. The van der Waals surface area contributed by atoms with Crippen molar-refractivity contribution in [1.29, 1.82) is 0 Å². The summed E-state index contributed by atoms with van der Waals surface area (Å²) in [5.74, 6) is 0.448. The average molecular weight is 311 g/mol. The van der Waals surface area contributed by atoms with Crippen LogP contribution in [0.2, 0.25) is 0 Å². The molecule has 0 N–H and O–H groups in total. The molecule has 0 bridgehead atoms. The first kappa shape index (κ1) is 17.2. The summed E-state index contributed by atoms with van der Waals surface area (Å²) in [5, 5.41) is 0. The second kappa shape index (κ2) is 8.48. The number of hydrogen-bond acceptors (Lipinski definition) is 4. The van der Waals surface area contributed by atoms with Gasteiger partial charge in [-0.25, -0.2) is 0 Å². The van der Waals surface area contributed by atoms with Gasteiger partial charge in [0.2, 0.25) is 11.8 Å². The number of rotatable bonds is 5. The van der Waals surface area contributed by atoms with E-state index in [0.717, 1.165) is 32.5 Å². The summed E-state index contributed by atoms with van der Waals surface area (Å²) < 4.78 is 5.31. The number of amides is 2. The molecular formula is C16H29N3O3. The van der Waals surface area contributed by atoms with Crippen LogP contribution in [-0.4, -0.2) is 85.5 Å². The van der Waals surface area contributed by atoms with Crippen LogP contribution in [0, 0.1) is 5.92 Å². The van der Waals surface area contributed by atoms with Crippen molar-refractivity contribution < 1.29 is 14.3 Å². The predicted molar refractivity (Wildman–Crippen MR) is 84.5 cm³/mol. The molecule has 2 rings (SSSR count). The van der Waals surface area contributed by atoms with Gasteiger partial charge in [0.25, 0.3) is 0 Å². The van der Waals surface area contributed by atoms with Crippen molar-refractivity contribution in [3.05, 3.63) is 0 Å². The zero-order chi connectivity index (χ0) is 15.9. The Bertz CT molecular complexity index is 379. The number of carbonyl (C=O) groups is 2. The number of ether oxygens (including phenoxy) is 1. The van der Waals surface area contributed by atoms with Crippen LogP contribution in [0.15, 0.2) is 0 Å². The maximum Gasteiger partial charge on any atom is 0.236 e. The molecule has 0 spiro atoms. The van der Waals surface area contributed by atoms with Gasteiger partial charge in [-0.05, 0) is 33.2 Å². The molecule has 2 fully saturated rings. The summed E-state index contributed by atoms with van der Waals surface area (Å²) in [5.41, 5.74) is 0. The zero-order valence-electron chi connectivity index (χ0n) is 13.9. The molecule has 0 aromatic heterocycles. The number of piperidine rings is 1. The Balaban J connectivity index is 1.85. The summed E-state index contributed by atoms with van der Waals surface area (Å²) >= 11 is 0. The predicted octanol–water partition coefficient (Wildman–Crippen LogP) is 0.426. The number of likely N-dealkylation sites (tertiary alicyclic amines) is 1. The Morgan fingerprint density at radius 3 is 2.45 bits per heavy atom. The van der Waals surface area contributed by atoms with Crippen LogP contribution in [-0.2, 0) is 14.3 Å². The highest BCUT2D eigenvalue weighted by molar-refractivity contribution is 5.80. The molecule has 2 aliphatic rings. The Labute approximate surface area is 133 Å². The molecule has 6 nitrogen and oxygen atoms in total. The van der Waals surface area contributed by atoms with Crippen LogP contribution in [0.1, 0.15) is 26.7 Å². The van der Waals surface area contributed by atoms with E-state index in [9.17, 15) is 9.59 Å². The van der Waals surface area contributed by atoms with Gasteiger partial charge in [-0.3, -0.25) is 14.5 Å². The molecule has 2 amide bonds. The van der Waals surface area contributed by atoms with Crippen molar-refractivity contribution in [3.8, 4) is 0 Å². The topological polar surface area (TPSA) is 53.1 Å². The fraction of sp³-hybridized carbons (Fsp3) is 0.875. The first-order chi connectivity index (χ1) is 10.7. The molecule has 126 valence electrons. The summed E-state index contributed by atoms with van der Waals surface area (Å²) in [6.07, 6.45) is 1.93. The van der Waals surface area contributed by atoms with Crippen LogP contribution in [0.5, 0.6) is 0 Å². The van der Waals surface area contributed by atoms with E-state index < -0.39 is 0 Å². The molecule has 0 aromatic rings. The molecule has 0 aliphatic carbocycles. The second-order valence-electron chi connectivity index (χ2n) is 6.08. The van der Waals surface area contributed by atoms with Gasteiger partial charge in [0.1, 0.15) is 0 Å². The van der Waals surface area contributed by atoms with E-state index in [2.05, 4.69) is 4.90 Å². The summed E-state index contributed by atoms with van der Waals surface area (Å²) in [6, 6.07) is 0. The molecular weight excluding hydrogens is 282 g/mol. The van der Waals surface area contributed by atoms with Crippen molar-refractivity contribution in [1.82, 2.24) is 14.7 Å². The molecule has 0 saturated carbocycles.